The van der Waals surface area contributed by atoms with Gasteiger partial charge in [-0.3, -0.25) is 4.98 Å². The van der Waals surface area contributed by atoms with Crippen molar-refractivity contribution in [3.05, 3.63) is 41.5 Å². The van der Waals surface area contributed by atoms with Gasteiger partial charge in [-0.1, -0.05) is 33.8 Å². The first-order chi connectivity index (χ1) is 13.7. The molecule has 1 atom stereocenters. The lowest BCUT2D eigenvalue weighted by Crippen LogP contribution is -2.12. The molecule has 0 fully saturated rings. The number of aromatic nitrogens is 3. The van der Waals surface area contributed by atoms with Crippen LogP contribution in [0.3, 0.4) is 0 Å². The quantitative estimate of drug-likeness (QED) is 0.449. The third-order valence-electron chi connectivity index (χ3n) is 4.08. The number of imidazole rings is 1. The highest BCUT2D eigenvalue weighted by atomic mass is 35.5. The van der Waals surface area contributed by atoms with E-state index in [1.165, 1.54) is 0 Å². The van der Waals surface area contributed by atoms with Crippen LogP contribution < -0.4 is 0 Å². The fourth-order valence-corrected chi connectivity index (χ4v) is 3.16. The number of fused-ring (bicyclic) bond motifs is 1. The van der Waals surface area contributed by atoms with E-state index >= 15 is 0 Å². The number of halogens is 1. The highest BCUT2D eigenvalue weighted by Gasteiger charge is 2.24. The summed E-state index contributed by atoms with van der Waals surface area (Å²) in [5, 5.41) is 0.00807. The number of pyridine rings is 1. The number of allylic oxidation sites excluding steroid dienone is 1. The van der Waals surface area contributed by atoms with Gasteiger partial charge in [-0.15, -0.1) is 11.6 Å². The number of hydrogen-bond acceptors (Lipinski definition) is 4. The Labute approximate surface area is 174 Å². The van der Waals surface area contributed by atoms with Crippen LogP contribution in [0.2, 0.25) is 0 Å². The summed E-state index contributed by atoms with van der Waals surface area (Å²) >= 11 is 6.26. The van der Waals surface area contributed by atoms with Gasteiger partial charge in [0.1, 0.15) is 5.82 Å². The summed E-state index contributed by atoms with van der Waals surface area (Å²) in [5.74, 6) is 0.850. The molecule has 0 spiro atoms. The second-order valence-electron chi connectivity index (χ2n) is 5.61. The topological polar surface area (TPSA) is 49.2 Å². The fraction of sp³-hybridized carbons (Fsp3) is 0.545. The Morgan fingerprint density at radius 3 is 2.43 bits per heavy atom. The lowest BCUT2D eigenvalue weighted by atomic mass is 10.1. The Morgan fingerprint density at radius 1 is 1.18 bits per heavy atom. The maximum Gasteiger partial charge on any atom is 0.184 e. The number of nitrogens with zero attached hydrogens (tertiary/aromatic N) is 3. The van der Waals surface area contributed by atoms with Crippen LogP contribution in [0.25, 0.3) is 17.5 Å². The summed E-state index contributed by atoms with van der Waals surface area (Å²) < 4.78 is 13.6. The van der Waals surface area contributed by atoms with E-state index in [2.05, 4.69) is 9.55 Å². The van der Waals surface area contributed by atoms with Crippen molar-refractivity contribution in [2.75, 3.05) is 13.2 Å². The standard InChI is InChI=1S/C18H22ClN3O2.2C2H6/c1-4-23-18(24-5-2)13-8-9-20-11-14(13)17-21-15-7-6-12(19)10-16(15)22(17)3;2*1-2/h6-9,11-12,18H,4-5,10H2,1-3H3;2*1-2H3. The van der Waals surface area contributed by atoms with Crippen molar-refractivity contribution in [2.24, 2.45) is 7.05 Å². The van der Waals surface area contributed by atoms with Gasteiger partial charge in [0.2, 0.25) is 0 Å². The molecule has 0 aromatic carbocycles. The summed E-state index contributed by atoms with van der Waals surface area (Å²) in [4.78, 5) is 9.06. The second-order valence-corrected chi connectivity index (χ2v) is 6.17. The molecule has 1 aliphatic carbocycles. The van der Waals surface area contributed by atoms with Crippen LogP contribution in [0.5, 0.6) is 0 Å². The van der Waals surface area contributed by atoms with Crippen LogP contribution in [0.4, 0.5) is 0 Å². The molecule has 2 aromatic rings. The molecule has 156 valence electrons. The van der Waals surface area contributed by atoms with Crippen molar-refractivity contribution in [1.82, 2.24) is 14.5 Å². The molecule has 0 amide bonds. The van der Waals surface area contributed by atoms with E-state index in [1.54, 1.807) is 6.20 Å². The van der Waals surface area contributed by atoms with Gasteiger partial charge in [0.15, 0.2) is 6.29 Å². The van der Waals surface area contributed by atoms with Gasteiger partial charge in [-0.25, -0.2) is 4.98 Å². The SMILES string of the molecule is CC.CC.CCOC(OCC)c1ccncc1-c1nc2c(n1C)CC(Cl)C=C2. The van der Waals surface area contributed by atoms with Crippen molar-refractivity contribution in [2.45, 2.75) is 59.6 Å². The van der Waals surface area contributed by atoms with Crippen LogP contribution in [0.1, 0.15) is 64.8 Å². The third-order valence-corrected chi connectivity index (χ3v) is 4.38. The van der Waals surface area contributed by atoms with Crippen LogP contribution in [-0.2, 0) is 22.9 Å². The van der Waals surface area contributed by atoms with E-state index in [4.69, 9.17) is 26.1 Å². The van der Waals surface area contributed by atoms with E-state index in [1.807, 2.05) is 73.0 Å². The molecular weight excluding hydrogens is 374 g/mol. The van der Waals surface area contributed by atoms with E-state index in [0.717, 1.165) is 34.8 Å². The molecule has 0 radical (unpaired) electrons. The summed E-state index contributed by atoms with van der Waals surface area (Å²) in [5.41, 5.74) is 3.95. The molecule has 6 heteroatoms. The van der Waals surface area contributed by atoms with Gasteiger partial charge in [0.25, 0.3) is 0 Å². The van der Waals surface area contributed by atoms with E-state index in [-0.39, 0.29) is 5.38 Å². The molecule has 0 saturated carbocycles. The van der Waals surface area contributed by atoms with Crippen LogP contribution in [0, 0.1) is 0 Å². The molecule has 1 aliphatic rings. The van der Waals surface area contributed by atoms with Gasteiger partial charge in [-0.05, 0) is 26.0 Å². The van der Waals surface area contributed by atoms with Gasteiger partial charge in [0, 0.05) is 55.9 Å². The molecule has 2 heterocycles. The molecule has 0 aliphatic heterocycles. The maximum absolute atomic E-state index is 6.26. The molecular formula is C22H34ClN3O2. The van der Waals surface area contributed by atoms with Gasteiger partial charge < -0.3 is 14.0 Å². The first-order valence-corrected chi connectivity index (χ1v) is 10.6. The zero-order valence-corrected chi connectivity index (χ0v) is 19.0. The lowest BCUT2D eigenvalue weighted by Gasteiger charge is -2.20. The fourth-order valence-electron chi connectivity index (χ4n) is 2.95. The van der Waals surface area contributed by atoms with E-state index in [9.17, 15) is 0 Å². The Hall–Kier alpha value is -1.69. The van der Waals surface area contributed by atoms with Crippen molar-refractivity contribution in [3.63, 3.8) is 0 Å². The largest absolute Gasteiger partial charge is 0.349 e. The van der Waals surface area contributed by atoms with Crippen LogP contribution in [0.15, 0.2) is 24.5 Å². The lowest BCUT2D eigenvalue weighted by molar-refractivity contribution is -0.140. The number of hydrogen-bond donors (Lipinski definition) is 0. The van der Waals surface area contributed by atoms with E-state index in [0.29, 0.717) is 13.2 Å². The number of ether oxygens (including phenoxy) is 2. The molecule has 2 aromatic heterocycles. The second kappa shape index (κ2) is 12.7. The average molecular weight is 408 g/mol. The highest BCUT2D eigenvalue weighted by molar-refractivity contribution is 6.22. The Bertz CT molecular complexity index is 737. The predicted molar refractivity (Wildman–Crippen MR) is 118 cm³/mol. The molecule has 0 saturated heterocycles. The minimum atomic E-state index is -0.428. The molecule has 1 unspecified atom stereocenters. The average Bonchev–Trinajstić information content (AvgIpc) is 3.07. The monoisotopic (exact) mass is 407 g/mol. The smallest absolute Gasteiger partial charge is 0.184 e. The number of rotatable bonds is 6. The zero-order chi connectivity index (χ0) is 21.1. The molecule has 3 rings (SSSR count). The molecule has 5 nitrogen and oxygen atoms in total. The summed E-state index contributed by atoms with van der Waals surface area (Å²) in [6, 6.07) is 1.93. The van der Waals surface area contributed by atoms with E-state index < -0.39 is 6.29 Å². The Kier molecular flexibility index (Phi) is 11.0. The van der Waals surface area contributed by atoms with Gasteiger partial charge >= 0.3 is 0 Å². The molecule has 0 N–H and O–H groups in total. The van der Waals surface area contributed by atoms with Gasteiger partial charge in [-0.2, -0.15) is 0 Å². The first kappa shape index (κ1) is 24.3. The third kappa shape index (κ3) is 5.66. The van der Waals surface area contributed by atoms with Crippen molar-refractivity contribution >= 4 is 17.7 Å². The maximum atomic E-state index is 6.26. The first-order valence-electron chi connectivity index (χ1n) is 10.2. The van der Waals surface area contributed by atoms with Crippen molar-refractivity contribution in [3.8, 4) is 11.4 Å². The number of alkyl halides is 1. The zero-order valence-electron chi connectivity index (χ0n) is 18.2. The minimum absolute atomic E-state index is 0.00807. The molecule has 0 bridgehead atoms. The Morgan fingerprint density at radius 2 is 1.82 bits per heavy atom. The summed E-state index contributed by atoms with van der Waals surface area (Å²) in [6.45, 7) is 13.1. The van der Waals surface area contributed by atoms with Crippen molar-refractivity contribution < 1.29 is 9.47 Å². The van der Waals surface area contributed by atoms with Gasteiger partial charge in [0.05, 0.1) is 11.1 Å². The summed E-state index contributed by atoms with van der Waals surface area (Å²) in [7, 11) is 2.01. The summed E-state index contributed by atoms with van der Waals surface area (Å²) in [6.07, 6.45) is 7.87. The highest BCUT2D eigenvalue weighted by Crippen LogP contribution is 2.32. The Balaban J connectivity index is 0.000000921. The minimum Gasteiger partial charge on any atom is -0.349 e. The van der Waals surface area contributed by atoms with Crippen molar-refractivity contribution in [1.29, 1.82) is 0 Å². The molecule has 28 heavy (non-hydrogen) atoms. The normalized spacial score (nSPS) is 14.7. The van der Waals surface area contributed by atoms with Crippen LogP contribution in [-0.4, -0.2) is 33.1 Å². The predicted octanol–water partition coefficient (Wildman–Crippen LogP) is 5.78. The van der Waals surface area contributed by atoms with Crippen LogP contribution >= 0.6 is 11.6 Å².